The molecule has 3 fully saturated rings. The zero-order chi connectivity index (χ0) is 16.4. The quantitative estimate of drug-likeness (QED) is 0.352. The highest BCUT2D eigenvalue weighted by atomic mass is 16.6. The number of hydrogen-bond donors (Lipinski definition) is 0. The molecule has 2 aliphatic carbocycles. The van der Waals surface area contributed by atoms with Crippen molar-refractivity contribution >= 4 is 0 Å². The first kappa shape index (κ1) is 16.8. The van der Waals surface area contributed by atoms with E-state index in [9.17, 15) is 0 Å². The monoisotopic (exact) mass is 316 g/mol. The van der Waals surface area contributed by atoms with Gasteiger partial charge in [-0.25, -0.2) is 0 Å². The maximum Gasteiger partial charge on any atom is 0.118 e. The highest BCUT2D eigenvalue weighted by Crippen LogP contribution is 2.59. The zero-order valence-electron chi connectivity index (χ0n) is 15.0. The number of rotatable bonds is 8. The Morgan fingerprint density at radius 1 is 1.22 bits per heavy atom. The Balaban J connectivity index is 1.76. The molecule has 2 nitrogen and oxygen atoms in total. The third-order valence-electron chi connectivity index (χ3n) is 6.37. The molecular weight excluding hydrogens is 284 g/mol. The molecule has 2 heteroatoms. The third-order valence-corrected chi connectivity index (χ3v) is 6.37. The van der Waals surface area contributed by atoms with Gasteiger partial charge in [0.15, 0.2) is 0 Å². The van der Waals surface area contributed by atoms with Gasteiger partial charge in [-0.1, -0.05) is 45.4 Å². The first-order valence-corrected chi connectivity index (χ1v) is 9.47. The van der Waals surface area contributed by atoms with Crippen LogP contribution in [-0.4, -0.2) is 19.3 Å². The van der Waals surface area contributed by atoms with Gasteiger partial charge in [0.05, 0.1) is 6.61 Å². The Labute approximate surface area is 141 Å². The summed E-state index contributed by atoms with van der Waals surface area (Å²) in [5.41, 5.74) is 1.38. The van der Waals surface area contributed by atoms with Gasteiger partial charge in [-0.2, -0.15) is 0 Å². The van der Waals surface area contributed by atoms with Crippen molar-refractivity contribution in [3.63, 3.8) is 0 Å². The van der Waals surface area contributed by atoms with E-state index < -0.39 is 0 Å². The van der Waals surface area contributed by atoms with E-state index >= 15 is 0 Å². The molecule has 1 saturated heterocycles. The summed E-state index contributed by atoms with van der Waals surface area (Å²) < 4.78 is 11.4. The SMILES string of the molecule is C=C/C=C(\C(=C/C)OCC1CO1)C1CC2CC1C(CC)C2CC. The Morgan fingerprint density at radius 2 is 1.96 bits per heavy atom. The van der Waals surface area contributed by atoms with Gasteiger partial charge in [-0.05, 0) is 61.0 Å². The van der Waals surface area contributed by atoms with Crippen LogP contribution in [-0.2, 0) is 9.47 Å². The first-order valence-electron chi connectivity index (χ1n) is 9.47. The molecule has 1 aliphatic heterocycles. The third kappa shape index (κ3) is 3.28. The van der Waals surface area contributed by atoms with Gasteiger partial charge in [0.25, 0.3) is 0 Å². The van der Waals surface area contributed by atoms with Gasteiger partial charge < -0.3 is 9.47 Å². The molecule has 6 unspecified atom stereocenters. The molecule has 0 amide bonds. The minimum Gasteiger partial charge on any atom is -0.491 e. The predicted molar refractivity (Wildman–Crippen MR) is 95.0 cm³/mol. The lowest BCUT2D eigenvalue weighted by molar-refractivity contribution is 0.151. The van der Waals surface area contributed by atoms with E-state index in [0.717, 1.165) is 36.0 Å². The van der Waals surface area contributed by atoms with Crippen molar-refractivity contribution in [2.24, 2.45) is 29.6 Å². The van der Waals surface area contributed by atoms with Crippen LogP contribution in [0.3, 0.4) is 0 Å². The second kappa shape index (κ2) is 7.25. The van der Waals surface area contributed by atoms with Crippen LogP contribution in [0.4, 0.5) is 0 Å². The Bertz CT molecular complexity index is 486. The van der Waals surface area contributed by atoms with Crippen molar-refractivity contribution in [3.05, 3.63) is 36.1 Å². The van der Waals surface area contributed by atoms with E-state index in [1.165, 1.54) is 31.3 Å². The number of ether oxygens (including phenoxy) is 2. The van der Waals surface area contributed by atoms with Crippen LogP contribution in [0.5, 0.6) is 0 Å². The van der Waals surface area contributed by atoms with Gasteiger partial charge in [0.2, 0.25) is 0 Å². The average Bonchev–Trinajstić information content (AvgIpc) is 3.21. The number of fused-ring (bicyclic) bond motifs is 2. The molecule has 0 radical (unpaired) electrons. The zero-order valence-corrected chi connectivity index (χ0v) is 15.0. The van der Waals surface area contributed by atoms with Crippen molar-refractivity contribution in [1.82, 2.24) is 0 Å². The lowest BCUT2D eigenvalue weighted by Crippen LogP contribution is -2.29. The number of epoxide rings is 1. The summed E-state index contributed by atoms with van der Waals surface area (Å²) in [4.78, 5) is 0. The Morgan fingerprint density at radius 3 is 2.52 bits per heavy atom. The van der Waals surface area contributed by atoms with Gasteiger partial charge in [-0.3, -0.25) is 0 Å². The molecule has 2 bridgehead atoms. The molecule has 2 saturated carbocycles. The van der Waals surface area contributed by atoms with E-state index in [1.54, 1.807) is 0 Å². The molecule has 23 heavy (non-hydrogen) atoms. The van der Waals surface area contributed by atoms with Crippen LogP contribution < -0.4 is 0 Å². The lowest BCUT2D eigenvalue weighted by atomic mass is 9.69. The summed E-state index contributed by atoms with van der Waals surface area (Å²) in [6, 6.07) is 0. The topological polar surface area (TPSA) is 21.8 Å². The molecule has 3 aliphatic rings. The first-order chi connectivity index (χ1) is 11.2. The summed E-state index contributed by atoms with van der Waals surface area (Å²) in [5, 5.41) is 0. The fraction of sp³-hybridized carbons (Fsp3) is 0.714. The predicted octanol–water partition coefficient (Wildman–Crippen LogP) is 5.13. The van der Waals surface area contributed by atoms with Crippen LogP contribution >= 0.6 is 0 Å². The van der Waals surface area contributed by atoms with Crippen molar-refractivity contribution in [1.29, 1.82) is 0 Å². The van der Waals surface area contributed by atoms with E-state index in [2.05, 4.69) is 39.5 Å². The highest BCUT2D eigenvalue weighted by molar-refractivity contribution is 5.34. The minimum absolute atomic E-state index is 0.308. The molecule has 0 aromatic carbocycles. The van der Waals surface area contributed by atoms with Crippen LogP contribution in [0.1, 0.15) is 46.5 Å². The molecular formula is C21H32O2. The summed E-state index contributed by atoms with van der Waals surface area (Å²) >= 11 is 0. The summed E-state index contributed by atoms with van der Waals surface area (Å²) in [6.45, 7) is 12.3. The van der Waals surface area contributed by atoms with Crippen LogP contribution in [0.25, 0.3) is 0 Å². The average molecular weight is 316 g/mol. The molecule has 128 valence electrons. The largest absolute Gasteiger partial charge is 0.491 e. The molecule has 1 heterocycles. The lowest BCUT2D eigenvalue weighted by Gasteiger charge is -2.36. The van der Waals surface area contributed by atoms with E-state index in [0.29, 0.717) is 18.6 Å². The van der Waals surface area contributed by atoms with Crippen molar-refractivity contribution in [2.45, 2.75) is 52.6 Å². The smallest absolute Gasteiger partial charge is 0.118 e. The summed E-state index contributed by atoms with van der Waals surface area (Å²) in [5.74, 6) is 5.29. The Kier molecular flexibility index (Phi) is 5.31. The molecule has 0 aromatic rings. The van der Waals surface area contributed by atoms with Crippen molar-refractivity contribution < 1.29 is 9.47 Å². The summed E-state index contributed by atoms with van der Waals surface area (Å²) in [6.07, 6.45) is 12.0. The molecule has 0 aromatic heterocycles. The highest BCUT2D eigenvalue weighted by Gasteiger charge is 2.52. The van der Waals surface area contributed by atoms with Crippen molar-refractivity contribution in [2.75, 3.05) is 13.2 Å². The minimum atomic E-state index is 0.308. The number of hydrogen-bond acceptors (Lipinski definition) is 2. The van der Waals surface area contributed by atoms with E-state index in [-0.39, 0.29) is 0 Å². The number of allylic oxidation sites excluding steroid dienone is 4. The molecule has 0 spiro atoms. The van der Waals surface area contributed by atoms with Crippen molar-refractivity contribution in [3.8, 4) is 0 Å². The van der Waals surface area contributed by atoms with E-state index in [1.807, 2.05) is 6.08 Å². The Hall–Kier alpha value is -1.02. The van der Waals surface area contributed by atoms with Crippen LogP contribution in [0, 0.1) is 29.6 Å². The molecule has 6 atom stereocenters. The van der Waals surface area contributed by atoms with Gasteiger partial charge in [-0.15, -0.1) is 0 Å². The van der Waals surface area contributed by atoms with Crippen LogP contribution in [0.15, 0.2) is 36.1 Å². The maximum absolute atomic E-state index is 6.09. The fourth-order valence-corrected chi connectivity index (χ4v) is 5.40. The van der Waals surface area contributed by atoms with Gasteiger partial charge >= 0.3 is 0 Å². The second-order valence-electron chi connectivity index (χ2n) is 7.42. The van der Waals surface area contributed by atoms with Crippen LogP contribution in [0.2, 0.25) is 0 Å². The van der Waals surface area contributed by atoms with Gasteiger partial charge in [0.1, 0.15) is 18.5 Å². The second-order valence-corrected chi connectivity index (χ2v) is 7.42. The fourth-order valence-electron chi connectivity index (χ4n) is 5.40. The van der Waals surface area contributed by atoms with E-state index in [4.69, 9.17) is 9.47 Å². The summed E-state index contributed by atoms with van der Waals surface area (Å²) in [7, 11) is 0. The maximum atomic E-state index is 6.09. The van der Waals surface area contributed by atoms with Gasteiger partial charge in [0, 0.05) is 0 Å². The molecule has 3 rings (SSSR count). The normalized spacial score (nSPS) is 39.6. The standard InChI is InChI=1S/C21H32O2/c1-5-9-18(21(8-4)23-13-15-12-22-15)20-11-14-10-19(20)17(7-3)16(14)6-2/h5,8-9,14-17,19-20H,1,6-7,10-13H2,2-4H3/b18-9-,21-8+. The molecule has 0 N–H and O–H groups in total.